The van der Waals surface area contributed by atoms with Gasteiger partial charge in [-0.25, -0.2) is 18.9 Å². The lowest BCUT2D eigenvalue weighted by Gasteiger charge is -2.20. The minimum atomic E-state index is -0.588. The molecule has 0 fully saturated rings. The van der Waals surface area contributed by atoms with E-state index in [4.69, 9.17) is 0 Å². The van der Waals surface area contributed by atoms with Crippen molar-refractivity contribution in [3.8, 4) is 0 Å². The molecule has 0 radical (unpaired) electrons. The molecule has 0 unspecified atom stereocenters. The van der Waals surface area contributed by atoms with Gasteiger partial charge in [0.2, 0.25) is 11.1 Å². The van der Waals surface area contributed by atoms with Gasteiger partial charge in [-0.05, 0) is 37.8 Å². The van der Waals surface area contributed by atoms with E-state index in [-0.39, 0.29) is 18.1 Å². The van der Waals surface area contributed by atoms with Crippen LogP contribution in [-0.2, 0) is 18.3 Å². The second-order valence-electron chi connectivity index (χ2n) is 7.20. The number of nitrogens with one attached hydrogen (secondary N) is 1. The van der Waals surface area contributed by atoms with Crippen LogP contribution in [0.15, 0.2) is 41.8 Å². The van der Waals surface area contributed by atoms with E-state index >= 15 is 0 Å². The van der Waals surface area contributed by atoms with Gasteiger partial charge in [-0.15, -0.1) is 5.10 Å². The molecule has 4 aromatic rings. The third kappa shape index (κ3) is 4.15. The fourth-order valence-corrected chi connectivity index (χ4v) is 3.88. The standard InChI is InChI=1S/C21H22FN7OS/c1-12-16(13(2)29-20(24-12)26-21(27-29)31-4)11-17(30)25-18(19-23-8-9-28(19)3)14-6-5-7-15(22)10-14/h5-10,18H,11H2,1-4H3,(H,25,30)/t18-/m1/s1. The zero-order valence-electron chi connectivity index (χ0n) is 17.6. The highest BCUT2D eigenvalue weighted by molar-refractivity contribution is 7.98. The highest BCUT2D eigenvalue weighted by Gasteiger charge is 2.23. The van der Waals surface area contributed by atoms with Gasteiger partial charge in [0, 0.05) is 36.4 Å². The molecule has 0 spiro atoms. The van der Waals surface area contributed by atoms with Crippen molar-refractivity contribution in [3.63, 3.8) is 0 Å². The number of aromatic nitrogens is 6. The van der Waals surface area contributed by atoms with Crippen LogP contribution in [0.2, 0.25) is 0 Å². The van der Waals surface area contributed by atoms with Crippen LogP contribution in [-0.4, -0.2) is 41.3 Å². The number of nitrogens with zero attached hydrogens (tertiary/aromatic N) is 6. The lowest BCUT2D eigenvalue weighted by molar-refractivity contribution is -0.121. The summed E-state index contributed by atoms with van der Waals surface area (Å²) in [6, 6.07) is 5.58. The predicted octanol–water partition coefficient (Wildman–Crippen LogP) is 2.78. The number of hydrogen-bond donors (Lipinski definition) is 1. The molecule has 1 atom stereocenters. The van der Waals surface area contributed by atoms with Crippen LogP contribution in [0.25, 0.3) is 5.78 Å². The number of imidazole rings is 1. The molecule has 1 N–H and O–H groups in total. The molecule has 160 valence electrons. The molecule has 10 heteroatoms. The van der Waals surface area contributed by atoms with E-state index in [0.717, 1.165) is 17.0 Å². The van der Waals surface area contributed by atoms with E-state index in [2.05, 4.69) is 25.4 Å². The smallest absolute Gasteiger partial charge is 0.253 e. The Morgan fingerprint density at radius 3 is 2.77 bits per heavy atom. The number of halogens is 1. The first-order valence-electron chi connectivity index (χ1n) is 9.66. The molecule has 31 heavy (non-hydrogen) atoms. The summed E-state index contributed by atoms with van der Waals surface area (Å²) in [5.74, 6) is 0.522. The van der Waals surface area contributed by atoms with E-state index < -0.39 is 6.04 Å². The van der Waals surface area contributed by atoms with Crippen LogP contribution >= 0.6 is 11.8 Å². The number of benzene rings is 1. The van der Waals surface area contributed by atoms with Crippen molar-refractivity contribution in [2.45, 2.75) is 31.5 Å². The number of carbonyl (C=O) groups excluding carboxylic acids is 1. The van der Waals surface area contributed by atoms with Crippen LogP contribution in [0, 0.1) is 19.7 Å². The van der Waals surface area contributed by atoms with Crippen molar-refractivity contribution < 1.29 is 9.18 Å². The van der Waals surface area contributed by atoms with Crippen LogP contribution in [0.1, 0.15) is 34.4 Å². The summed E-state index contributed by atoms with van der Waals surface area (Å²) in [6.07, 6.45) is 5.43. The van der Waals surface area contributed by atoms with Crippen LogP contribution in [0.3, 0.4) is 0 Å². The highest BCUT2D eigenvalue weighted by atomic mass is 32.2. The minimum absolute atomic E-state index is 0.102. The quantitative estimate of drug-likeness (QED) is 0.465. The molecular weight excluding hydrogens is 417 g/mol. The molecule has 0 saturated heterocycles. The predicted molar refractivity (Wildman–Crippen MR) is 115 cm³/mol. The van der Waals surface area contributed by atoms with E-state index in [1.807, 2.05) is 27.2 Å². The Morgan fingerprint density at radius 1 is 1.29 bits per heavy atom. The second kappa shape index (κ2) is 8.46. The van der Waals surface area contributed by atoms with Crippen molar-refractivity contribution in [2.24, 2.45) is 7.05 Å². The Kier molecular flexibility index (Phi) is 5.73. The van der Waals surface area contributed by atoms with Gasteiger partial charge in [0.25, 0.3) is 5.78 Å². The van der Waals surface area contributed by atoms with Gasteiger partial charge in [0.15, 0.2) is 0 Å². The molecule has 0 bridgehead atoms. The Labute approximate surface area is 182 Å². The normalized spacial score (nSPS) is 12.3. The van der Waals surface area contributed by atoms with Gasteiger partial charge >= 0.3 is 0 Å². The summed E-state index contributed by atoms with van der Waals surface area (Å²) < 4.78 is 17.3. The van der Waals surface area contributed by atoms with Gasteiger partial charge in [-0.3, -0.25) is 4.79 Å². The maximum Gasteiger partial charge on any atom is 0.253 e. The first-order valence-corrected chi connectivity index (χ1v) is 10.9. The van der Waals surface area contributed by atoms with E-state index in [9.17, 15) is 9.18 Å². The molecule has 4 rings (SSSR count). The molecule has 8 nitrogen and oxygen atoms in total. The third-order valence-corrected chi connectivity index (χ3v) is 5.69. The third-order valence-electron chi connectivity index (χ3n) is 5.15. The molecule has 3 aromatic heterocycles. The lowest BCUT2D eigenvalue weighted by atomic mass is 10.0. The van der Waals surface area contributed by atoms with Crippen molar-refractivity contribution in [2.75, 3.05) is 6.26 Å². The Bertz CT molecular complexity index is 1270. The van der Waals surface area contributed by atoms with Gasteiger partial charge in [0.05, 0.1) is 6.42 Å². The largest absolute Gasteiger partial charge is 0.342 e. The second-order valence-corrected chi connectivity index (χ2v) is 7.97. The average Bonchev–Trinajstić information content (AvgIpc) is 3.35. The zero-order chi connectivity index (χ0) is 22.1. The topological polar surface area (TPSA) is 90.0 Å². The molecule has 0 aliphatic heterocycles. The molecular formula is C21H22FN7OS. The molecule has 3 heterocycles. The summed E-state index contributed by atoms with van der Waals surface area (Å²) in [5.41, 5.74) is 2.93. The lowest BCUT2D eigenvalue weighted by Crippen LogP contribution is -2.32. The number of fused-ring (bicyclic) bond motifs is 1. The molecule has 1 amide bonds. The summed E-state index contributed by atoms with van der Waals surface area (Å²) >= 11 is 1.43. The Balaban J connectivity index is 1.65. The van der Waals surface area contributed by atoms with Gasteiger partial charge in [-0.1, -0.05) is 23.9 Å². The zero-order valence-corrected chi connectivity index (χ0v) is 18.4. The number of carbonyl (C=O) groups is 1. The number of aryl methyl sites for hydroxylation is 3. The van der Waals surface area contributed by atoms with Crippen molar-refractivity contribution >= 4 is 23.4 Å². The maximum atomic E-state index is 13.9. The van der Waals surface area contributed by atoms with E-state index in [1.54, 1.807) is 33.6 Å². The number of rotatable bonds is 6. The van der Waals surface area contributed by atoms with Gasteiger partial charge in [-0.2, -0.15) is 4.98 Å². The molecule has 0 saturated carbocycles. The van der Waals surface area contributed by atoms with E-state index in [0.29, 0.717) is 22.3 Å². The maximum absolute atomic E-state index is 13.9. The fraction of sp³-hybridized carbons (Fsp3) is 0.286. The number of hydrogen-bond acceptors (Lipinski definition) is 6. The Morgan fingerprint density at radius 2 is 2.10 bits per heavy atom. The van der Waals surface area contributed by atoms with Crippen molar-refractivity contribution in [1.82, 2.24) is 34.4 Å². The fourth-order valence-electron chi connectivity index (χ4n) is 3.54. The van der Waals surface area contributed by atoms with Gasteiger partial charge in [0.1, 0.15) is 17.7 Å². The Hall–Kier alpha value is -3.27. The summed E-state index contributed by atoms with van der Waals surface area (Å²) in [4.78, 5) is 26.3. The van der Waals surface area contributed by atoms with Crippen molar-refractivity contribution in [1.29, 1.82) is 0 Å². The van der Waals surface area contributed by atoms with Crippen LogP contribution in [0.5, 0.6) is 0 Å². The van der Waals surface area contributed by atoms with Crippen LogP contribution < -0.4 is 5.32 Å². The number of amides is 1. The number of thioether (sulfide) groups is 1. The molecule has 1 aromatic carbocycles. The van der Waals surface area contributed by atoms with Crippen LogP contribution in [0.4, 0.5) is 4.39 Å². The highest BCUT2D eigenvalue weighted by Crippen LogP contribution is 2.22. The SMILES string of the molecule is CSc1nc2nc(C)c(CC(=O)N[C@H](c3cccc(F)c3)c3nccn3C)c(C)n2n1. The summed E-state index contributed by atoms with van der Waals surface area (Å²) in [7, 11) is 1.83. The molecule has 0 aliphatic carbocycles. The summed E-state index contributed by atoms with van der Waals surface area (Å²) in [6.45, 7) is 3.75. The molecule has 0 aliphatic rings. The van der Waals surface area contributed by atoms with Gasteiger partial charge < -0.3 is 9.88 Å². The average molecular weight is 440 g/mol. The van der Waals surface area contributed by atoms with E-state index in [1.165, 1.54) is 23.9 Å². The first kappa shape index (κ1) is 21.0. The first-order chi connectivity index (χ1) is 14.9. The minimum Gasteiger partial charge on any atom is -0.342 e. The summed E-state index contributed by atoms with van der Waals surface area (Å²) in [5, 5.41) is 8.06. The van der Waals surface area contributed by atoms with Crippen molar-refractivity contribution in [3.05, 3.63) is 70.8 Å². The monoisotopic (exact) mass is 439 g/mol.